The lowest BCUT2D eigenvalue weighted by Crippen LogP contribution is -2.31. The van der Waals surface area contributed by atoms with Gasteiger partial charge in [-0.15, -0.1) is 0 Å². The van der Waals surface area contributed by atoms with Crippen molar-refractivity contribution in [2.24, 2.45) is 0 Å². The van der Waals surface area contributed by atoms with Crippen LogP contribution in [0, 0.1) is 13.8 Å². The summed E-state index contributed by atoms with van der Waals surface area (Å²) < 4.78 is 48.9. The van der Waals surface area contributed by atoms with E-state index in [1.165, 1.54) is 0 Å². The van der Waals surface area contributed by atoms with E-state index < -0.39 is 11.7 Å². The Kier molecular flexibility index (Phi) is 5.38. The van der Waals surface area contributed by atoms with Crippen LogP contribution in [-0.2, 0) is 17.4 Å². The molecule has 1 atom stereocenters. The van der Waals surface area contributed by atoms with E-state index >= 15 is 0 Å². The number of nitrogens with zero attached hydrogens (tertiary/aromatic N) is 3. The van der Waals surface area contributed by atoms with Gasteiger partial charge in [-0.1, -0.05) is 5.16 Å². The number of aryl methyl sites for hydroxylation is 2. The number of halogens is 3. The molecule has 1 aliphatic heterocycles. The monoisotopic (exact) mass is 383 g/mol. The molecule has 0 unspecified atom stereocenters. The Morgan fingerprint density at radius 1 is 1.41 bits per heavy atom. The lowest BCUT2D eigenvalue weighted by atomic mass is 10.1. The maximum atomic E-state index is 12.8. The van der Waals surface area contributed by atoms with Crippen molar-refractivity contribution in [3.8, 4) is 5.88 Å². The summed E-state index contributed by atoms with van der Waals surface area (Å²) >= 11 is 0. The number of carbonyl (C=O) groups is 1. The van der Waals surface area contributed by atoms with E-state index in [-0.39, 0.29) is 17.9 Å². The first kappa shape index (κ1) is 19.2. The third kappa shape index (κ3) is 4.58. The normalized spacial score (nSPS) is 17.4. The Bertz CT molecular complexity index is 800. The molecule has 3 rings (SSSR count). The summed E-state index contributed by atoms with van der Waals surface area (Å²) in [6, 6.07) is 1.77. The molecule has 0 bridgehead atoms. The van der Waals surface area contributed by atoms with Crippen molar-refractivity contribution in [2.75, 3.05) is 13.1 Å². The lowest BCUT2D eigenvalue weighted by Gasteiger charge is -2.17. The fourth-order valence-corrected chi connectivity index (χ4v) is 3.12. The molecule has 9 heteroatoms. The number of likely N-dealkylation sites (tertiary alicyclic amines) is 1. The van der Waals surface area contributed by atoms with Crippen LogP contribution in [0.4, 0.5) is 13.2 Å². The number of hydrogen-bond acceptors (Lipinski definition) is 5. The van der Waals surface area contributed by atoms with E-state index in [4.69, 9.17) is 9.26 Å². The molecular formula is C18H20F3N3O3. The fourth-order valence-electron chi connectivity index (χ4n) is 3.12. The maximum Gasteiger partial charge on any atom is 0.416 e. The first-order valence-electron chi connectivity index (χ1n) is 8.63. The van der Waals surface area contributed by atoms with Crippen molar-refractivity contribution in [2.45, 2.75) is 45.4 Å². The van der Waals surface area contributed by atoms with Gasteiger partial charge in [-0.05, 0) is 26.3 Å². The van der Waals surface area contributed by atoms with Gasteiger partial charge in [0.25, 0.3) is 0 Å². The van der Waals surface area contributed by atoms with E-state index in [2.05, 4.69) is 10.1 Å². The maximum absolute atomic E-state index is 12.8. The summed E-state index contributed by atoms with van der Waals surface area (Å²) in [5.74, 6) is 0.594. The van der Waals surface area contributed by atoms with Gasteiger partial charge >= 0.3 is 6.18 Å². The number of pyridine rings is 1. The highest BCUT2D eigenvalue weighted by Crippen LogP contribution is 2.31. The molecule has 0 spiro atoms. The molecule has 0 N–H and O–H groups in total. The molecule has 0 radical (unpaired) electrons. The second-order valence-corrected chi connectivity index (χ2v) is 6.55. The predicted molar refractivity (Wildman–Crippen MR) is 89.2 cm³/mol. The smallest absolute Gasteiger partial charge is 0.416 e. The molecule has 146 valence electrons. The molecule has 0 aromatic carbocycles. The minimum Gasteiger partial charge on any atom is -0.472 e. The molecule has 1 aliphatic rings. The number of alkyl halides is 3. The summed E-state index contributed by atoms with van der Waals surface area (Å²) in [5, 5.41) is 3.87. The first-order valence-corrected chi connectivity index (χ1v) is 8.63. The van der Waals surface area contributed by atoms with Crippen molar-refractivity contribution < 1.29 is 27.2 Å². The van der Waals surface area contributed by atoms with Crippen LogP contribution in [0.25, 0.3) is 0 Å². The molecular weight excluding hydrogens is 363 g/mol. The van der Waals surface area contributed by atoms with Gasteiger partial charge < -0.3 is 14.2 Å². The van der Waals surface area contributed by atoms with Gasteiger partial charge in [0.2, 0.25) is 11.8 Å². The Balaban J connectivity index is 1.53. The molecule has 0 saturated carbocycles. The minimum absolute atomic E-state index is 0.0295. The quantitative estimate of drug-likeness (QED) is 0.792. The standard InChI is InChI=1S/C18H20F3N3O3/c1-11-15(12(2)27-23-11)3-4-17(25)24-8-6-14(10-24)26-16-9-13(5-7-22-16)18(19,20)21/h5,7,9,14H,3-4,6,8,10H2,1-2H3/t14-/m0/s1. The Labute approximate surface area is 154 Å². The molecule has 1 amide bonds. The highest BCUT2D eigenvalue weighted by atomic mass is 19.4. The number of hydrogen-bond donors (Lipinski definition) is 0. The second kappa shape index (κ2) is 7.58. The summed E-state index contributed by atoms with van der Waals surface area (Å²) in [5.41, 5.74) is 0.903. The number of ether oxygens (including phenoxy) is 1. The van der Waals surface area contributed by atoms with Crippen LogP contribution < -0.4 is 4.74 Å². The predicted octanol–water partition coefficient (Wildman–Crippen LogP) is 3.32. The Morgan fingerprint density at radius 3 is 2.85 bits per heavy atom. The lowest BCUT2D eigenvalue weighted by molar-refractivity contribution is -0.137. The highest BCUT2D eigenvalue weighted by molar-refractivity contribution is 5.76. The van der Waals surface area contributed by atoms with Gasteiger partial charge in [0, 0.05) is 37.2 Å². The van der Waals surface area contributed by atoms with Crippen LogP contribution in [0.15, 0.2) is 22.9 Å². The van der Waals surface area contributed by atoms with E-state index in [1.807, 2.05) is 13.8 Å². The third-order valence-electron chi connectivity index (χ3n) is 4.62. The zero-order valence-electron chi connectivity index (χ0n) is 15.0. The van der Waals surface area contributed by atoms with E-state index in [0.717, 1.165) is 29.6 Å². The van der Waals surface area contributed by atoms with Gasteiger partial charge in [0.1, 0.15) is 11.9 Å². The van der Waals surface area contributed by atoms with E-state index in [9.17, 15) is 18.0 Å². The largest absolute Gasteiger partial charge is 0.472 e. The highest BCUT2D eigenvalue weighted by Gasteiger charge is 2.32. The van der Waals surface area contributed by atoms with E-state index in [0.29, 0.717) is 38.1 Å². The summed E-state index contributed by atoms with van der Waals surface area (Å²) in [4.78, 5) is 17.9. The van der Waals surface area contributed by atoms with Crippen molar-refractivity contribution in [1.29, 1.82) is 0 Å². The number of carbonyl (C=O) groups excluding carboxylic acids is 1. The van der Waals surface area contributed by atoms with E-state index in [1.54, 1.807) is 4.90 Å². The molecule has 3 heterocycles. The number of amides is 1. The molecule has 2 aromatic rings. The Morgan fingerprint density at radius 2 is 2.19 bits per heavy atom. The first-order chi connectivity index (χ1) is 12.7. The van der Waals surface area contributed by atoms with Crippen molar-refractivity contribution in [3.05, 3.63) is 40.9 Å². The molecule has 1 saturated heterocycles. The van der Waals surface area contributed by atoms with Gasteiger partial charge in [-0.2, -0.15) is 13.2 Å². The SMILES string of the molecule is Cc1noc(C)c1CCC(=O)N1CC[C@H](Oc2cc(C(F)(F)F)ccn2)C1. The van der Waals surface area contributed by atoms with Crippen LogP contribution in [0.5, 0.6) is 5.88 Å². The van der Waals surface area contributed by atoms with Gasteiger partial charge in [0.15, 0.2) is 0 Å². The van der Waals surface area contributed by atoms with Crippen LogP contribution in [-0.4, -0.2) is 40.1 Å². The average molecular weight is 383 g/mol. The topological polar surface area (TPSA) is 68.5 Å². The Hall–Kier alpha value is -2.58. The summed E-state index contributed by atoms with van der Waals surface area (Å²) in [6.45, 7) is 4.47. The fraction of sp³-hybridized carbons (Fsp3) is 0.500. The average Bonchev–Trinajstić information content (AvgIpc) is 3.20. The molecule has 27 heavy (non-hydrogen) atoms. The molecule has 1 fully saturated rings. The van der Waals surface area contributed by atoms with Crippen molar-refractivity contribution >= 4 is 5.91 Å². The zero-order chi connectivity index (χ0) is 19.6. The second-order valence-electron chi connectivity index (χ2n) is 6.55. The zero-order valence-corrected chi connectivity index (χ0v) is 15.0. The van der Waals surface area contributed by atoms with Crippen molar-refractivity contribution in [3.63, 3.8) is 0 Å². The summed E-state index contributed by atoms with van der Waals surface area (Å²) in [7, 11) is 0. The third-order valence-corrected chi connectivity index (χ3v) is 4.62. The number of rotatable bonds is 5. The minimum atomic E-state index is -4.45. The molecule has 0 aliphatic carbocycles. The summed E-state index contributed by atoms with van der Waals surface area (Å²) in [6.07, 6.45) is -2.34. The van der Waals surface area contributed by atoms with Gasteiger partial charge in [-0.3, -0.25) is 4.79 Å². The molecule has 2 aromatic heterocycles. The van der Waals surface area contributed by atoms with Crippen LogP contribution in [0.2, 0.25) is 0 Å². The number of aromatic nitrogens is 2. The van der Waals surface area contributed by atoms with Crippen LogP contribution >= 0.6 is 0 Å². The van der Waals surface area contributed by atoms with Crippen molar-refractivity contribution in [1.82, 2.24) is 15.0 Å². The van der Waals surface area contributed by atoms with Gasteiger partial charge in [-0.25, -0.2) is 4.98 Å². The van der Waals surface area contributed by atoms with Crippen LogP contribution in [0.3, 0.4) is 0 Å². The van der Waals surface area contributed by atoms with Gasteiger partial charge in [0.05, 0.1) is 17.8 Å². The molecule has 6 nitrogen and oxygen atoms in total. The van der Waals surface area contributed by atoms with Crippen LogP contribution in [0.1, 0.15) is 35.4 Å².